The largest absolute Gasteiger partial charge is 0.497 e. The quantitative estimate of drug-likeness (QED) is 0.904. The SMILES string of the molecule is COc1ccc(OC)c(N2CCCC(NC(C)C)C2=O)c1. The summed E-state index contributed by atoms with van der Waals surface area (Å²) in [6, 6.07) is 5.68. The van der Waals surface area contributed by atoms with Crippen molar-refractivity contribution < 1.29 is 14.3 Å². The monoisotopic (exact) mass is 292 g/mol. The van der Waals surface area contributed by atoms with Gasteiger partial charge in [0.1, 0.15) is 11.5 Å². The lowest BCUT2D eigenvalue weighted by Crippen LogP contribution is -2.52. The van der Waals surface area contributed by atoms with Gasteiger partial charge in [0.2, 0.25) is 5.91 Å². The Balaban J connectivity index is 2.29. The second-order valence-electron chi connectivity index (χ2n) is 5.54. The minimum Gasteiger partial charge on any atom is -0.497 e. The summed E-state index contributed by atoms with van der Waals surface area (Å²) in [5.74, 6) is 1.51. The second kappa shape index (κ2) is 6.80. The number of anilines is 1. The van der Waals surface area contributed by atoms with Gasteiger partial charge in [0.15, 0.2) is 0 Å². The number of methoxy groups -OCH3 is 2. The summed E-state index contributed by atoms with van der Waals surface area (Å²) in [4.78, 5) is 14.5. The normalized spacial score (nSPS) is 19.0. The van der Waals surface area contributed by atoms with Gasteiger partial charge in [-0.15, -0.1) is 0 Å². The summed E-state index contributed by atoms with van der Waals surface area (Å²) in [5.41, 5.74) is 0.775. The molecule has 1 heterocycles. The third-order valence-corrected chi connectivity index (χ3v) is 3.65. The first-order valence-corrected chi connectivity index (χ1v) is 7.36. The predicted molar refractivity (Wildman–Crippen MR) is 83.2 cm³/mol. The summed E-state index contributed by atoms with van der Waals surface area (Å²) < 4.78 is 10.7. The lowest BCUT2D eigenvalue weighted by atomic mass is 10.0. The standard InChI is InChI=1S/C16H24N2O3/c1-11(2)17-13-6-5-9-18(16(13)19)14-10-12(20-3)7-8-15(14)21-4/h7-8,10-11,13,17H,5-6,9H2,1-4H3. The highest BCUT2D eigenvalue weighted by Crippen LogP contribution is 2.34. The maximum absolute atomic E-state index is 12.7. The average Bonchev–Trinajstić information content (AvgIpc) is 2.48. The van der Waals surface area contributed by atoms with Gasteiger partial charge in [-0.05, 0) is 25.0 Å². The van der Waals surface area contributed by atoms with Crippen molar-refractivity contribution in [1.82, 2.24) is 5.32 Å². The molecule has 2 rings (SSSR count). The molecule has 1 aliphatic rings. The van der Waals surface area contributed by atoms with Gasteiger partial charge < -0.3 is 19.7 Å². The Morgan fingerprint density at radius 1 is 1.29 bits per heavy atom. The van der Waals surface area contributed by atoms with Crippen LogP contribution in [0.1, 0.15) is 26.7 Å². The van der Waals surface area contributed by atoms with Crippen LogP contribution in [-0.4, -0.2) is 38.8 Å². The van der Waals surface area contributed by atoms with Crippen LogP contribution in [0.3, 0.4) is 0 Å². The fraction of sp³-hybridized carbons (Fsp3) is 0.562. The number of piperidine rings is 1. The molecule has 1 aliphatic heterocycles. The summed E-state index contributed by atoms with van der Waals surface area (Å²) in [6.45, 7) is 4.81. The summed E-state index contributed by atoms with van der Waals surface area (Å²) in [5, 5.41) is 3.33. The number of hydrogen-bond acceptors (Lipinski definition) is 4. The van der Waals surface area contributed by atoms with Gasteiger partial charge in [0, 0.05) is 18.7 Å². The van der Waals surface area contributed by atoms with E-state index in [1.54, 1.807) is 19.1 Å². The molecule has 0 aliphatic carbocycles. The molecule has 1 unspecified atom stereocenters. The number of nitrogens with one attached hydrogen (secondary N) is 1. The van der Waals surface area contributed by atoms with E-state index in [-0.39, 0.29) is 18.0 Å². The van der Waals surface area contributed by atoms with Crippen LogP contribution >= 0.6 is 0 Å². The topological polar surface area (TPSA) is 50.8 Å². The van der Waals surface area contributed by atoms with Crippen LogP contribution in [0, 0.1) is 0 Å². The highest BCUT2D eigenvalue weighted by Gasteiger charge is 2.31. The molecule has 21 heavy (non-hydrogen) atoms. The maximum atomic E-state index is 12.7. The molecule has 0 radical (unpaired) electrons. The molecular formula is C16H24N2O3. The van der Waals surface area contributed by atoms with Gasteiger partial charge in [-0.2, -0.15) is 0 Å². The van der Waals surface area contributed by atoms with E-state index >= 15 is 0 Å². The smallest absolute Gasteiger partial charge is 0.244 e. The first-order valence-electron chi connectivity index (χ1n) is 7.36. The number of carbonyl (C=O) groups excluding carboxylic acids is 1. The fourth-order valence-corrected chi connectivity index (χ4v) is 2.68. The van der Waals surface area contributed by atoms with E-state index in [1.807, 2.05) is 18.2 Å². The van der Waals surface area contributed by atoms with E-state index in [2.05, 4.69) is 19.2 Å². The number of rotatable bonds is 5. The Morgan fingerprint density at radius 3 is 2.67 bits per heavy atom. The minimum absolute atomic E-state index is 0.0986. The average molecular weight is 292 g/mol. The molecule has 1 aromatic carbocycles. The lowest BCUT2D eigenvalue weighted by molar-refractivity contribution is -0.122. The first kappa shape index (κ1) is 15.6. The number of amides is 1. The molecule has 1 amide bonds. The van der Waals surface area contributed by atoms with E-state index in [1.165, 1.54) is 0 Å². The van der Waals surface area contributed by atoms with Gasteiger partial charge in [0.05, 0.1) is 25.9 Å². The molecule has 1 saturated heterocycles. The van der Waals surface area contributed by atoms with Crippen LogP contribution in [0.15, 0.2) is 18.2 Å². The number of ether oxygens (including phenoxy) is 2. The molecule has 0 bridgehead atoms. The van der Waals surface area contributed by atoms with Crippen molar-refractivity contribution in [3.63, 3.8) is 0 Å². The number of benzene rings is 1. The van der Waals surface area contributed by atoms with Crippen LogP contribution in [0.4, 0.5) is 5.69 Å². The third-order valence-electron chi connectivity index (χ3n) is 3.65. The zero-order valence-corrected chi connectivity index (χ0v) is 13.2. The fourth-order valence-electron chi connectivity index (χ4n) is 2.68. The molecule has 0 aromatic heterocycles. The summed E-state index contributed by atoms with van der Waals surface area (Å²) in [6.07, 6.45) is 1.84. The van der Waals surface area contributed by atoms with E-state index < -0.39 is 0 Å². The van der Waals surface area contributed by atoms with Crippen LogP contribution in [0.5, 0.6) is 11.5 Å². The number of nitrogens with zero attached hydrogens (tertiary/aromatic N) is 1. The molecule has 1 atom stereocenters. The highest BCUT2D eigenvalue weighted by atomic mass is 16.5. The Morgan fingerprint density at radius 2 is 2.05 bits per heavy atom. The number of hydrogen-bond donors (Lipinski definition) is 1. The molecule has 0 spiro atoms. The molecule has 1 fully saturated rings. The molecule has 5 heteroatoms. The van der Waals surface area contributed by atoms with Crippen LogP contribution in [0.25, 0.3) is 0 Å². The van der Waals surface area contributed by atoms with Crippen molar-refractivity contribution in [2.45, 2.75) is 38.8 Å². The van der Waals surface area contributed by atoms with Crippen molar-refractivity contribution >= 4 is 11.6 Å². The Labute approximate surface area is 126 Å². The first-order chi connectivity index (χ1) is 10.1. The van der Waals surface area contributed by atoms with Gasteiger partial charge >= 0.3 is 0 Å². The van der Waals surface area contributed by atoms with Crippen molar-refractivity contribution in [2.75, 3.05) is 25.7 Å². The van der Waals surface area contributed by atoms with E-state index in [0.29, 0.717) is 12.3 Å². The zero-order valence-electron chi connectivity index (χ0n) is 13.2. The molecule has 0 saturated carbocycles. The molecule has 116 valence electrons. The van der Waals surface area contributed by atoms with E-state index in [9.17, 15) is 4.79 Å². The van der Waals surface area contributed by atoms with Crippen LogP contribution in [0.2, 0.25) is 0 Å². The molecule has 5 nitrogen and oxygen atoms in total. The maximum Gasteiger partial charge on any atom is 0.244 e. The van der Waals surface area contributed by atoms with Gasteiger partial charge in [0.25, 0.3) is 0 Å². The number of carbonyl (C=O) groups is 1. The van der Waals surface area contributed by atoms with Crippen molar-refractivity contribution in [3.8, 4) is 11.5 Å². The molecule has 1 N–H and O–H groups in total. The minimum atomic E-state index is -0.130. The van der Waals surface area contributed by atoms with Crippen LogP contribution in [-0.2, 0) is 4.79 Å². The molecule has 1 aromatic rings. The van der Waals surface area contributed by atoms with Gasteiger partial charge in [-0.3, -0.25) is 4.79 Å². The highest BCUT2D eigenvalue weighted by molar-refractivity contribution is 5.99. The summed E-state index contributed by atoms with van der Waals surface area (Å²) in [7, 11) is 3.23. The second-order valence-corrected chi connectivity index (χ2v) is 5.54. The Bertz CT molecular complexity index is 502. The lowest BCUT2D eigenvalue weighted by Gasteiger charge is -2.34. The van der Waals surface area contributed by atoms with Gasteiger partial charge in [-0.1, -0.05) is 13.8 Å². The Hall–Kier alpha value is -1.75. The van der Waals surface area contributed by atoms with Crippen molar-refractivity contribution in [3.05, 3.63) is 18.2 Å². The van der Waals surface area contributed by atoms with Crippen molar-refractivity contribution in [1.29, 1.82) is 0 Å². The Kier molecular flexibility index (Phi) is 5.07. The van der Waals surface area contributed by atoms with E-state index in [0.717, 1.165) is 24.3 Å². The van der Waals surface area contributed by atoms with Crippen LogP contribution < -0.4 is 19.7 Å². The molecular weight excluding hydrogens is 268 g/mol. The predicted octanol–water partition coefficient (Wildman–Crippen LogP) is 2.20. The van der Waals surface area contributed by atoms with Gasteiger partial charge in [-0.25, -0.2) is 0 Å². The third kappa shape index (κ3) is 3.47. The zero-order chi connectivity index (χ0) is 15.4. The summed E-state index contributed by atoms with van der Waals surface area (Å²) >= 11 is 0. The van der Waals surface area contributed by atoms with Crippen molar-refractivity contribution in [2.24, 2.45) is 0 Å². The van der Waals surface area contributed by atoms with E-state index in [4.69, 9.17) is 9.47 Å².